The van der Waals surface area contributed by atoms with Gasteiger partial charge in [0, 0.05) is 6.08 Å². The highest BCUT2D eigenvalue weighted by Crippen LogP contribution is 2.08. The van der Waals surface area contributed by atoms with E-state index >= 15 is 0 Å². The number of carbonyl (C=O) groups excluding carboxylic acids is 2. The van der Waals surface area contributed by atoms with Crippen molar-refractivity contribution in [1.29, 1.82) is 0 Å². The van der Waals surface area contributed by atoms with E-state index in [0.29, 0.717) is 6.61 Å². The van der Waals surface area contributed by atoms with E-state index in [2.05, 4.69) is 25.8 Å². The Balaban J connectivity index is 0. The Morgan fingerprint density at radius 2 is 1.40 bits per heavy atom. The number of primary amides is 1. The van der Waals surface area contributed by atoms with E-state index in [1.807, 2.05) is 0 Å². The molecule has 116 valence electrons. The lowest BCUT2D eigenvalue weighted by Crippen LogP contribution is -2.04. The van der Waals surface area contributed by atoms with Crippen LogP contribution in [0.1, 0.15) is 58.3 Å². The van der Waals surface area contributed by atoms with Gasteiger partial charge in [0.25, 0.3) is 0 Å². The fourth-order valence-corrected chi connectivity index (χ4v) is 1.47. The Labute approximate surface area is 123 Å². The molecule has 20 heavy (non-hydrogen) atoms. The van der Waals surface area contributed by atoms with Gasteiger partial charge in [-0.05, 0) is 12.5 Å². The molecule has 1 amide bonds. The van der Waals surface area contributed by atoms with Gasteiger partial charge in [-0.25, -0.2) is 4.79 Å². The quantitative estimate of drug-likeness (QED) is 0.358. The number of hydrogen-bond acceptors (Lipinski definition) is 3. The Hall–Kier alpha value is -1.58. The summed E-state index contributed by atoms with van der Waals surface area (Å²) in [5, 5.41) is 0. The molecule has 0 aliphatic heterocycles. The third kappa shape index (κ3) is 21.7. The summed E-state index contributed by atoms with van der Waals surface area (Å²) in [6.07, 6.45) is 12.4. The van der Waals surface area contributed by atoms with Gasteiger partial charge < -0.3 is 10.5 Å². The molecule has 0 saturated heterocycles. The molecule has 0 aliphatic rings. The predicted molar refractivity (Wildman–Crippen MR) is 83.2 cm³/mol. The van der Waals surface area contributed by atoms with Gasteiger partial charge in [-0.1, -0.05) is 65.0 Å². The molecule has 2 N–H and O–H groups in total. The molecule has 0 aromatic carbocycles. The van der Waals surface area contributed by atoms with Crippen LogP contribution in [0.3, 0.4) is 0 Å². The van der Waals surface area contributed by atoms with E-state index in [0.717, 1.165) is 18.9 Å². The van der Waals surface area contributed by atoms with Crippen LogP contribution in [-0.2, 0) is 14.3 Å². The summed E-state index contributed by atoms with van der Waals surface area (Å²) in [5.41, 5.74) is 4.53. The molecule has 0 radical (unpaired) electrons. The van der Waals surface area contributed by atoms with Crippen molar-refractivity contribution in [2.24, 2.45) is 5.73 Å². The van der Waals surface area contributed by atoms with Crippen LogP contribution in [0.4, 0.5) is 0 Å². The number of ether oxygens (including phenoxy) is 1. The Bertz CT molecular complexity index is 275. The second-order valence-corrected chi connectivity index (χ2v) is 4.45. The number of esters is 1. The second kappa shape index (κ2) is 17.4. The molecule has 0 heterocycles. The van der Waals surface area contributed by atoms with Crippen molar-refractivity contribution in [3.05, 3.63) is 25.3 Å². The number of amides is 1. The molecule has 0 aromatic rings. The first-order chi connectivity index (χ1) is 9.58. The third-order valence-electron chi connectivity index (χ3n) is 2.61. The summed E-state index contributed by atoms with van der Waals surface area (Å²) < 4.78 is 4.88. The van der Waals surface area contributed by atoms with Crippen molar-refractivity contribution in [3.63, 3.8) is 0 Å². The van der Waals surface area contributed by atoms with Gasteiger partial charge in [0.2, 0.25) is 5.91 Å². The van der Waals surface area contributed by atoms with Gasteiger partial charge in [-0.3, -0.25) is 4.79 Å². The number of hydrogen-bond donors (Lipinski definition) is 1. The van der Waals surface area contributed by atoms with Gasteiger partial charge in [0.15, 0.2) is 0 Å². The third-order valence-corrected chi connectivity index (χ3v) is 2.61. The van der Waals surface area contributed by atoms with E-state index in [1.165, 1.54) is 44.6 Å². The van der Waals surface area contributed by atoms with Crippen LogP contribution in [0.5, 0.6) is 0 Å². The van der Waals surface area contributed by atoms with Crippen molar-refractivity contribution in [2.45, 2.75) is 58.3 Å². The van der Waals surface area contributed by atoms with Crippen molar-refractivity contribution < 1.29 is 14.3 Å². The van der Waals surface area contributed by atoms with E-state index in [4.69, 9.17) is 4.74 Å². The first-order valence-corrected chi connectivity index (χ1v) is 7.29. The summed E-state index contributed by atoms with van der Waals surface area (Å²) in [7, 11) is 0. The molecule has 0 bridgehead atoms. The topological polar surface area (TPSA) is 69.4 Å². The summed E-state index contributed by atoms with van der Waals surface area (Å²) >= 11 is 0. The SMILES string of the molecule is C=CC(=O)OCCCCCCCCCC.C=CC(N)=O. The molecule has 4 heteroatoms. The number of rotatable bonds is 11. The summed E-state index contributed by atoms with van der Waals surface area (Å²) in [5.74, 6) is -0.789. The van der Waals surface area contributed by atoms with Crippen LogP contribution in [0.15, 0.2) is 25.3 Å². The first kappa shape index (κ1) is 20.7. The van der Waals surface area contributed by atoms with Gasteiger partial charge >= 0.3 is 5.97 Å². The van der Waals surface area contributed by atoms with Gasteiger partial charge in [-0.2, -0.15) is 0 Å². The standard InChI is InChI=1S/C13H24O2.C3H5NO/c1-3-5-6-7-8-9-10-11-12-15-13(14)4-2;1-2-3(4)5/h4H,2-3,5-12H2,1H3;2H,1H2,(H2,4,5). The van der Waals surface area contributed by atoms with Crippen LogP contribution >= 0.6 is 0 Å². The Kier molecular flexibility index (Phi) is 18.1. The largest absolute Gasteiger partial charge is 0.463 e. The second-order valence-electron chi connectivity index (χ2n) is 4.45. The lowest BCUT2D eigenvalue weighted by Gasteiger charge is -2.02. The van der Waals surface area contributed by atoms with Crippen LogP contribution in [0.25, 0.3) is 0 Å². The van der Waals surface area contributed by atoms with Gasteiger partial charge in [-0.15, -0.1) is 0 Å². The zero-order valence-electron chi connectivity index (χ0n) is 12.7. The number of carbonyl (C=O) groups is 2. The summed E-state index contributed by atoms with van der Waals surface area (Å²) in [6.45, 7) is 9.20. The zero-order chi connectivity index (χ0) is 15.6. The molecular weight excluding hydrogens is 254 g/mol. The maximum absolute atomic E-state index is 10.7. The first-order valence-electron chi connectivity index (χ1n) is 7.29. The van der Waals surface area contributed by atoms with E-state index < -0.39 is 5.91 Å². The van der Waals surface area contributed by atoms with E-state index in [-0.39, 0.29) is 5.97 Å². The predicted octanol–water partition coefficient (Wildman–Crippen LogP) is 3.51. The zero-order valence-corrected chi connectivity index (χ0v) is 12.7. The molecule has 0 unspecified atom stereocenters. The molecule has 0 atom stereocenters. The van der Waals surface area contributed by atoms with Gasteiger partial charge in [0.05, 0.1) is 6.61 Å². The van der Waals surface area contributed by atoms with E-state index in [9.17, 15) is 9.59 Å². The van der Waals surface area contributed by atoms with Crippen LogP contribution in [0, 0.1) is 0 Å². The minimum atomic E-state index is -0.481. The average Bonchev–Trinajstić information content (AvgIpc) is 2.45. The Morgan fingerprint density at radius 1 is 0.950 bits per heavy atom. The number of nitrogens with two attached hydrogens (primary N) is 1. The lowest BCUT2D eigenvalue weighted by molar-refractivity contribution is -0.137. The van der Waals surface area contributed by atoms with Crippen LogP contribution in [0.2, 0.25) is 0 Å². The van der Waals surface area contributed by atoms with E-state index in [1.54, 1.807) is 0 Å². The Morgan fingerprint density at radius 3 is 1.80 bits per heavy atom. The van der Waals surface area contributed by atoms with Crippen molar-refractivity contribution in [1.82, 2.24) is 0 Å². The van der Waals surface area contributed by atoms with Crippen molar-refractivity contribution >= 4 is 11.9 Å². The highest BCUT2D eigenvalue weighted by Gasteiger charge is 1.95. The molecular formula is C16H29NO3. The monoisotopic (exact) mass is 283 g/mol. The maximum Gasteiger partial charge on any atom is 0.330 e. The van der Waals surface area contributed by atoms with Crippen LogP contribution < -0.4 is 5.73 Å². The smallest absolute Gasteiger partial charge is 0.330 e. The highest BCUT2D eigenvalue weighted by atomic mass is 16.5. The highest BCUT2D eigenvalue weighted by molar-refractivity contribution is 5.85. The molecule has 4 nitrogen and oxygen atoms in total. The fraction of sp³-hybridized carbons (Fsp3) is 0.625. The fourth-order valence-electron chi connectivity index (χ4n) is 1.47. The molecule has 0 fully saturated rings. The minimum absolute atomic E-state index is 0.307. The normalized spacial score (nSPS) is 9.05. The molecule has 0 aliphatic carbocycles. The van der Waals surface area contributed by atoms with Crippen molar-refractivity contribution in [2.75, 3.05) is 6.61 Å². The summed E-state index contributed by atoms with van der Waals surface area (Å²) in [6, 6.07) is 0. The van der Waals surface area contributed by atoms with Crippen LogP contribution in [-0.4, -0.2) is 18.5 Å². The minimum Gasteiger partial charge on any atom is -0.463 e. The molecule has 0 aromatic heterocycles. The molecule has 0 rings (SSSR count). The van der Waals surface area contributed by atoms with Crippen molar-refractivity contribution in [3.8, 4) is 0 Å². The summed E-state index contributed by atoms with van der Waals surface area (Å²) in [4.78, 5) is 20.2. The number of unbranched alkanes of at least 4 members (excludes halogenated alkanes) is 7. The van der Waals surface area contributed by atoms with Gasteiger partial charge in [0.1, 0.15) is 0 Å². The average molecular weight is 283 g/mol. The lowest BCUT2D eigenvalue weighted by atomic mass is 10.1. The maximum atomic E-state index is 10.7. The molecule has 0 saturated carbocycles. The molecule has 0 spiro atoms.